The van der Waals surface area contributed by atoms with Crippen LogP contribution in [0.25, 0.3) is 0 Å². The van der Waals surface area contributed by atoms with Gasteiger partial charge in [0.15, 0.2) is 5.82 Å². The zero-order chi connectivity index (χ0) is 12.1. The highest BCUT2D eigenvalue weighted by atomic mass is 15.5. The van der Waals surface area contributed by atoms with Crippen LogP contribution >= 0.6 is 0 Å². The van der Waals surface area contributed by atoms with E-state index in [0.717, 1.165) is 5.82 Å². The lowest BCUT2D eigenvalue weighted by molar-refractivity contribution is 0.831. The predicted molar refractivity (Wildman–Crippen MR) is 66.9 cm³/mol. The van der Waals surface area contributed by atoms with Crippen LogP contribution in [-0.4, -0.2) is 17.9 Å². The minimum Gasteiger partial charge on any atom is -0.373 e. The van der Waals surface area contributed by atoms with Crippen LogP contribution in [0.5, 0.6) is 0 Å². The third-order valence-corrected chi connectivity index (χ3v) is 2.13. The molecular formula is C10H18N6. The van der Waals surface area contributed by atoms with Crippen molar-refractivity contribution in [1.29, 1.82) is 0 Å². The number of hydrogen-bond acceptors (Lipinski definition) is 5. The summed E-state index contributed by atoms with van der Waals surface area (Å²) in [5.74, 6) is 13.3. The average molecular weight is 222 g/mol. The molecule has 0 aromatic carbocycles. The number of pyridine rings is 1. The Morgan fingerprint density at radius 1 is 1.50 bits per heavy atom. The van der Waals surface area contributed by atoms with Crippen molar-refractivity contribution in [3.63, 3.8) is 0 Å². The Labute approximate surface area is 95.3 Å². The molecule has 6 heteroatoms. The summed E-state index contributed by atoms with van der Waals surface area (Å²) in [4.78, 5) is 4.30. The molecule has 0 aliphatic rings. The number of rotatable bonds is 3. The van der Waals surface area contributed by atoms with E-state index in [4.69, 9.17) is 11.7 Å². The Morgan fingerprint density at radius 2 is 2.19 bits per heavy atom. The number of hydrazine groups is 1. The summed E-state index contributed by atoms with van der Waals surface area (Å²) in [5, 5.41) is 8.01. The van der Waals surface area contributed by atoms with Gasteiger partial charge in [0.25, 0.3) is 0 Å². The first kappa shape index (κ1) is 12.3. The summed E-state index contributed by atoms with van der Waals surface area (Å²) >= 11 is 0. The molecule has 0 saturated carbocycles. The Kier molecular flexibility index (Phi) is 4.07. The van der Waals surface area contributed by atoms with Gasteiger partial charge >= 0.3 is 0 Å². The van der Waals surface area contributed by atoms with Crippen LogP contribution < -0.4 is 22.0 Å². The third-order valence-electron chi connectivity index (χ3n) is 2.13. The molecule has 0 radical (unpaired) electrons. The summed E-state index contributed by atoms with van der Waals surface area (Å²) in [6.45, 7) is 3.93. The maximum atomic E-state index is 5.91. The highest BCUT2D eigenvalue weighted by Crippen LogP contribution is 2.13. The fraction of sp³-hybridized carbons (Fsp3) is 0.400. The van der Waals surface area contributed by atoms with E-state index < -0.39 is 0 Å². The average Bonchev–Trinajstić information content (AvgIpc) is 2.29. The predicted octanol–water partition coefficient (Wildman–Crippen LogP) is 0.732. The molecule has 0 unspecified atom stereocenters. The maximum absolute atomic E-state index is 5.91. The second-order valence-corrected chi connectivity index (χ2v) is 3.64. The van der Waals surface area contributed by atoms with Crippen molar-refractivity contribution in [3.05, 3.63) is 18.2 Å². The standard InChI is InChI=1S/C10H18N6/c1-7(2)10(15-11)16(12)9-6-4-5-8(13-3)14-9/h4-7H,11-12H2,1-3H3,(H,13,14)/b15-10-. The molecule has 0 aliphatic carbocycles. The van der Waals surface area contributed by atoms with Gasteiger partial charge < -0.3 is 11.2 Å². The van der Waals surface area contributed by atoms with Crippen LogP contribution in [0, 0.1) is 5.92 Å². The Balaban J connectivity index is 2.99. The fourth-order valence-corrected chi connectivity index (χ4v) is 1.30. The zero-order valence-electron chi connectivity index (χ0n) is 9.81. The molecule has 16 heavy (non-hydrogen) atoms. The second kappa shape index (κ2) is 5.32. The van der Waals surface area contributed by atoms with Gasteiger partial charge in [-0.25, -0.2) is 15.8 Å². The smallest absolute Gasteiger partial charge is 0.150 e. The van der Waals surface area contributed by atoms with Gasteiger partial charge in [-0.05, 0) is 12.1 Å². The molecule has 0 fully saturated rings. The molecule has 1 heterocycles. The van der Waals surface area contributed by atoms with Gasteiger partial charge in [-0.1, -0.05) is 19.9 Å². The van der Waals surface area contributed by atoms with Gasteiger partial charge in [0.05, 0.1) is 0 Å². The number of amidine groups is 1. The van der Waals surface area contributed by atoms with Crippen molar-refractivity contribution < 1.29 is 0 Å². The van der Waals surface area contributed by atoms with Crippen LogP contribution in [0.15, 0.2) is 23.3 Å². The minimum atomic E-state index is 0.134. The summed E-state index contributed by atoms with van der Waals surface area (Å²) in [6.07, 6.45) is 0. The fourth-order valence-electron chi connectivity index (χ4n) is 1.30. The summed E-state index contributed by atoms with van der Waals surface area (Å²) in [6, 6.07) is 5.52. The van der Waals surface area contributed by atoms with Crippen molar-refractivity contribution >= 4 is 17.5 Å². The number of nitrogens with two attached hydrogens (primary N) is 2. The van der Waals surface area contributed by atoms with E-state index in [1.165, 1.54) is 5.01 Å². The molecule has 0 atom stereocenters. The van der Waals surface area contributed by atoms with Crippen molar-refractivity contribution in [2.75, 3.05) is 17.4 Å². The number of aromatic nitrogens is 1. The van der Waals surface area contributed by atoms with Crippen LogP contribution in [0.3, 0.4) is 0 Å². The largest absolute Gasteiger partial charge is 0.373 e. The van der Waals surface area contributed by atoms with Crippen LogP contribution in [0.4, 0.5) is 11.6 Å². The number of anilines is 2. The first-order chi connectivity index (χ1) is 7.60. The molecule has 0 spiro atoms. The molecular weight excluding hydrogens is 204 g/mol. The summed E-state index contributed by atoms with van der Waals surface area (Å²) in [5.41, 5.74) is 0. The molecule has 0 amide bonds. The number of nitrogens with zero attached hydrogens (tertiary/aromatic N) is 3. The minimum absolute atomic E-state index is 0.134. The first-order valence-electron chi connectivity index (χ1n) is 5.07. The van der Waals surface area contributed by atoms with Gasteiger partial charge in [0.2, 0.25) is 0 Å². The van der Waals surface area contributed by atoms with E-state index in [-0.39, 0.29) is 5.92 Å². The highest BCUT2D eigenvalue weighted by molar-refractivity contribution is 5.97. The lowest BCUT2D eigenvalue weighted by Gasteiger charge is -2.21. The lowest BCUT2D eigenvalue weighted by Crippen LogP contribution is -2.41. The molecule has 1 aromatic heterocycles. The topological polar surface area (TPSA) is 92.6 Å². The van der Waals surface area contributed by atoms with Crippen molar-refractivity contribution in [3.8, 4) is 0 Å². The van der Waals surface area contributed by atoms with Gasteiger partial charge in [0.1, 0.15) is 11.7 Å². The van der Waals surface area contributed by atoms with Gasteiger partial charge in [-0.3, -0.25) is 0 Å². The molecule has 1 aromatic rings. The molecule has 0 saturated heterocycles. The Hall–Kier alpha value is -1.82. The highest BCUT2D eigenvalue weighted by Gasteiger charge is 2.14. The van der Waals surface area contributed by atoms with Gasteiger partial charge in [-0.15, -0.1) is 0 Å². The van der Waals surface area contributed by atoms with Crippen molar-refractivity contribution in [2.45, 2.75) is 13.8 Å². The van der Waals surface area contributed by atoms with E-state index in [2.05, 4.69) is 15.4 Å². The Bertz CT molecular complexity index is 373. The quantitative estimate of drug-likeness (QED) is 0.303. The van der Waals surface area contributed by atoms with Gasteiger partial charge in [0, 0.05) is 13.0 Å². The molecule has 0 aliphatic heterocycles. The van der Waals surface area contributed by atoms with Crippen molar-refractivity contribution in [1.82, 2.24) is 4.98 Å². The molecule has 5 N–H and O–H groups in total. The molecule has 0 bridgehead atoms. The molecule has 1 rings (SSSR count). The third kappa shape index (κ3) is 2.60. The monoisotopic (exact) mass is 222 g/mol. The Morgan fingerprint density at radius 3 is 2.69 bits per heavy atom. The van der Waals surface area contributed by atoms with Gasteiger partial charge in [-0.2, -0.15) is 5.10 Å². The van der Waals surface area contributed by atoms with E-state index >= 15 is 0 Å². The lowest BCUT2D eigenvalue weighted by atomic mass is 10.2. The van der Waals surface area contributed by atoms with E-state index in [1.807, 2.05) is 26.0 Å². The van der Waals surface area contributed by atoms with E-state index in [1.54, 1.807) is 13.1 Å². The first-order valence-corrected chi connectivity index (χ1v) is 5.07. The van der Waals surface area contributed by atoms with Crippen LogP contribution in [-0.2, 0) is 0 Å². The van der Waals surface area contributed by atoms with E-state index in [0.29, 0.717) is 11.7 Å². The SMILES string of the molecule is CNc1cccc(N(N)/C(=N\N)C(C)C)n1. The molecule has 6 nitrogen and oxygen atoms in total. The summed E-state index contributed by atoms with van der Waals surface area (Å²) < 4.78 is 0. The number of hydrogen-bond donors (Lipinski definition) is 3. The number of hydrazone groups is 1. The number of nitrogens with one attached hydrogen (secondary N) is 1. The maximum Gasteiger partial charge on any atom is 0.150 e. The van der Waals surface area contributed by atoms with Crippen LogP contribution in [0.2, 0.25) is 0 Å². The second-order valence-electron chi connectivity index (χ2n) is 3.64. The van der Waals surface area contributed by atoms with E-state index in [9.17, 15) is 0 Å². The zero-order valence-corrected chi connectivity index (χ0v) is 9.81. The molecule has 88 valence electrons. The van der Waals surface area contributed by atoms with Crippen LogP contribution in [0.1, 0.15) is 13.8 Å². The summed E-state index contributed by atoms with van der Waals surface area (Å²) in [7, 11) is 1.80. The normalized spacial score (nSPS) is 11.7. The van der Waals surface area contributed by atoms with Crippen molar-refractivity contribution in [2.24, 2.45) is 22.7 Å².